The third-order valence-corrected chi connectivity index (χ3v) is 5.57. The van der Waals surface area contributed by atoms with Crippen LogP contribution in [0, 0.1) is 5.82 Å². The van der Waals surface area contributed by atoms with Crippen LogP contribution in [-0.4, -0.2) is 33.4 Å². The van der Waals surface area contributed by atoms with Gasteiger partial charge < -0.3 is 19.8 Å². The lowest BCUT2D eigenvalue weighted by Gasteiger charge is -2.06. The van der Waals surface area contributed by atoms with E-state index in [9.17, 15) is 9.18 Å². The van der Waals surface area contributed by atoms with Crippen molar-refractivity contribution in [2.45, 2.75) is 5.03 Å². The van der Waals surface area contributed by atoms with E-state index in [1.54, 1.807) is 30.3 Å². The minimum absolute atomic E-state index is 0.170. The molecule has 3 heterocycles. The first-order valence-corrected chi connectivity index (χ1v) is 10.1. The maximum absolute atomic E-state index is 13.2. The number of aromatic nitrogens is 3. The smallest absolute Gasteiger partial charge is 0.234 e. The molecule has 0 saturated heterocycles. The van der Waals surface area contributed by atoms with E-state index in [2.05, 4.69) is 20.3 Å². The van der Waals surface area contributed by atoms with Crippen LogP contribution in [0.25, 0.3) is 22.2 Å². The largest absolute Gasteiger partial charge is 0.454 e. The molecule has 0 unspecified atom stereocenters. The van der Waals surface area contributed by atoms with E-state index in [0.29, 0.717) is 22.2 Å². The summed E-state index contributed by atoms with van der Waals surface area (Å²) in [5, 5.41) is 3.50. The predicted octanol–water partition coefficient (Wildman–Crippen LogP) is 4.22. The maximum atomic E-state index is 13.2. The van der Waals surface area contributed by atoms with Crippen molar-refractivity contribution in [1.29, 1.82) is 0 Å². The molecule has 7 nitrogen and oxygen atoms in total. The lowest BCUT2D eigenvalue weighted by Crippen LogP contribution is -2.14. The number of carbonyl (C=O) groups excluding carboxylic acids is 1. The second-order valence-electron chi connectivity index (χ2n) is 6.52. The molecule has 1 aliphatic heterocycles. The second-order valence-corrected chi connectivity index (χ2v) is 7.48. The van der Waals surface area contributed by atoms with Crippen LogP contribution < -0.4 is 14.8 Å². The molecule has 0 radical (unpaired) electrons. The Hall–Kier alpha value is -3.59. The van der Waals surface area contributed by atoms with Crippen LogP contribution in [0.1, 0.15) is 0 Å². The maximum Gasteiger partial charge on any atom is 0.234 e. The number of amides is 1. The fraction of sp³-hybridized carbons (Fsp3) is 0.0952. The molecule has 2 aromatic carbocycles. The van der Waals surface area contributed by atoms with Crippen molar-refractivity contribution in [2.75, 3.05) is 17.9 Å². The number of nitrogens with one attached hydrogen (secondary N) is 2. The van der Waals surface area contributed by atoms with Gasteiger partial charge in [0, 0.05) is 23.5 Å². The van der Waals surface area contributed by atoms with E-state index in [1.165, 1.54) is 30.2 Å². The van der Waals surface area contributed by atoms with Crippen LogP contribution in [0.15, 0.2) is 60.0 Å². The molecule has 0 spiro atoms. The first-order chi connectivity index (χ1) is 14.7. The van der Waals surface area contributed by atoms with Gasteiger partial charge in [0.15, 0.2) is 11.5 Å². The Labute approximate surface area is 174 Å². The molecule has 2 aromatic heterocycles. The normalized spacial score (nSPS) is 12.3. The van der Waals surface area contributed by atoms with Gasteiger partial charge in [-0.25, -0.2) is 14.4 Å². The zero-order valence-electron chi connectivity index (χ0n) is 15.5. The van der Waals surface area contributed by atoms with E-state index in [-0.39, 0.29) is 24.3 Å². The molecule has 150 valence electrons. The summed E-state index contributed by atoms with van der Waals surface area (Å²) in [7, 11) is 0. The highest BCUT2D eigenvalue weighted by Crippen LogP contribution is 2.35. The highest BCUT2D eigenvalue weighted by molar-refractivity contribution is 8.00. The summed E-state index contributed by atoms with van der Waals surface area (Å²) >= 11 is 1.30. The number of ether oxygens (including phenoxy) is 2. The number of hydrogen-bond donors (Lipinski definition) is 2. The van der Waals surface area contributed by atoms with Gasteiger partial charge in [-0.15, -0.1) is 0 Å². The summed E-state index contributed by atoms with van der Waals surface area (Å²) in [4.78, 5) is 24.2. The summed E-state index contributed by atoms with van der Waals surface area (Å²) in [6.07, 6.45) is 3.27. The van der Waals surface area contributed by atoms with Crippen LogP contribution in [-0.2, 0) is 4.79 Å². The topological polar surface area (TPSA) is 89.1 Å². The fourth-order valence-electron chi connectivity index (χ4n) is 3.18. The standard InChI is InChI=1S/C21H15FN4O3S/c22-13-3-1-12(2-4-13)15-8-23-20-19(15)24-10-25-21(20)30-9-18(27)26-14-5-6-16-17(7-14)29-11-28-16/h1-8,10,23H,9,11H2,(H,26,27). The summed E-state index contributed by atoms with van der Waals surface area (Å²) in [5.74, 6) is 0.979. The molecule has 1 aliphatic rings. The summed E-state index contributed by atoms with van der Waals surface area (Å²) in [5.41, 5.74) is 3.78. The first kappa shape index (κ1) is 18.4. The number of carbonyl (C=O) groups is 1. The third-order valence-electron chi connectivity index (χ3n) is 4.58. The highest BCUT2D eigenvalue weighted by atomic mass is 32.2. The Morgan fingerprint density at radius 1 is 1.13 bits per heavy atom. The average Bonchev–Trinajstić information content (AvgIpc) is 3.39. The van der Waals surface area contributed by atoms with E-state index in [4.69, 9.17) is 9.47 Å². The number of H-pyrrole nitrogens is 1. The van der Waals surface area contributed by atoms with Gasteiger partial charge in [0.25, 0.3) is 0 Å². The zero-order valence-corrected chi connectivity index (χ0v) is 16.3. The van der Waals surface area contributed by atoms with Gasteiger partial charge in [-0.1, -0.05) is 23.9 Å². The SMILES string of the molecule is O=C(CSc1ncnc2c(-c3ccc(F)cc3)c[nH]c12)Nc1ccc2c(c1)OCO2. The van der Waals surface area contributed by atoms with Crippen molar-refractivity contribution in [3.05, 3.63) is 60.8 Å². The van der Waals surface area contributed by atoms with E-state index >= 15 is 0 Å². The fourth-order valence-corrected chi connectivity index (χ4v) is 3.94. The number of halogens is 1. The van der Waals surface area contributed by atoms with E-state index in [1.807, 2.05) is 6.20 Å². The molecule has 5 rings (SSSR count). The first-order valence-electron chi connectivity index (χ1n) is 9.08. The number of thioether (sulfide) groups is 1. The Morgan fingerprint density at radius 2 is 1.97 bits per heavy atom. The Kier molecular flexibility index (Phi) is 4.72. The van der Waals surface area contributed by atoms with Gasteiger partial charge in [0.1, 0.15) is 22.7 Å². The Bertz CT molecular complexity index is 1240. The predicted molar refractivity (Wildman–Crippen MR) is 111 cm³/mol. The number of benzene rings is 2. The van der Waals surface area contributed by atoms with Crippen LogP contribution >= 0.6 is 11.8 Å². The zero-order chi connectivity index (χ0) is 20.5. The monoisotopic (exact) mass is 422 g/mol. The van der Waals surface area contributed by atoms with Gasteiger partial charge in [0.2, 0.25) is 12.7 Å². The van der Waals surface area contributed by atoms with Crippen molar-refractivity contribution in [2.24, 2.45) is 0 Å². The van der Waals surface area contributed by atoms with E-state index in [0.717, 1.165) is 22.2 Å². The molecule has 0 saturated carbocycles. The summed E-state index contributed by atoms with van der Waals surface area (Å²) < 4.78 is 23.8. The minimum Gasteiger partial charge on any atom is -0.454 e. The Morgan fingerprint density at radius 3 is 2.83 bits per heavy atom. The van der Waals surface area contributed by atoms with Crippen molar-refractivity contribution < 1.29 is 18.7 Å². The number of rotatable bonds is 5. The number of hydrogen-bond acceptors (Lipinski definition) is 6. The van der Waals surface area contributed by atoms with Gasteiger partial charge in [-0.05, 0) is 29.8 Å². The van der Waals surface area contributed by atoms with Gasteiger partial charge in [-0.3, -0.25) is 4.79 Å². The molecule has 30 heavy (non-hydrogen) atoms. The van der Waals surface area contributed by atoms with Gasteiger partial charge >= 0.3 is 0 Å². The van der Waals surface area contributed by atoms with Crippen LogP contribution in [0.5, 0.6) is 11.5 Å². The molecule has 0 atom stereocenters. The van der Waals surface area contributed by atoms with Crippen molar-refractivity contribution in [3.8, 4) is 22.6 Å². The van der Waals surface area contributed by atoms with E-state index < -0.39 is 0 Å². The van der Waals surface area contributed by atoms with Gasteiger partial charge in [-0.2, -0.15) is 0 Å². The highest BCUT2D eigenvalue weighted by Gasteiger charge is 2.16. The molecule has 0 bridgehead atoms. The molecular formula is C21H15FN4O3S. The second kappa shape index (κ2) is 7.68. The number of anilines is 1. The lowest BCUT2D eigenvalue weighted by atomic mass is 10.1. The average molecular weight is 422 g/mol. The van der Waals surface area contributed by atoms with Crippen molar-refractivity contribution in [1.82, 2.24) is 15.0 Å². The number of nitrogens with zero attached hydrogens (tertiary/aromatic N) is 2. The summed E-state index contributed by atoms with van der Waals surface area (Å²) in [6.45, 7) is 0.183. The van der Waals surface area contributed by atoms with Gasteiger partial charge in [0.05, 0.1) is 11.3 Å². The number of fused-ring (bicyclic) bond motifs is 2. The Balaban J connectivity index is 1.31. The third kappa shape index (κ3) is 3.55. The van der Waals surface area contributed by atoms with Crippen molar-refractivity contribution in [3.63, 3.8) is 0 Å². The van der Waals surface area contributed by atoms with Crippen molar-refractivity contribution >= 4 is 34.4 Å². The number of aromatic amines is 1. The lowest BCUT2D eigenvalue weighted by molar-refractivity contribution is -0.113. The van der Waals surface area contributed by atoms with Crippen LogP contribution in [0.3, 0.4) is 0 Å². The minimum atomic E-state index is -0.294. The molecule has 0 fully saturated rings. The van der Waals surface area contributed by atoms with Crippen LogP contribution in [0.2, 0.25) is 0 Å². The molecule has 4 aromatic rings. The quantitative estimate of drug-likeness (QED) is 0.370. The van der Waals surface area contributed by atoms with Crippen LogP contribution in [0.4, 0.5) is 10.1 Å². The molecular weight excluding hydrogens is 407 g/mol. The molecule has 9 heteroatoms. The molecule has 1 amide bonds. The molecule has 2 N–H and O–H groups in total. The molecule has 0 aliphatic carbocycles. The summed E-state index contributed by atoms with van der Waals surface area (Å²) in [6, 6.07) is 11.5.